The Balaban J connectivity index is 1.72. The molecule has 3 atom stereocenters. The Labute approximate surface area is 219 Å². The van der Waals surface area contributed by atoms with E-state index in [4.69, 9.17) is 16.5 Å². The molecule has 0 aliphatic heterocycles. The number of carbonyl (C=O) groups excluding carboxylic acids is 1. The second-order valence-corrected chi connectivity index (χ2v) is 10.4. The molecule has 0 bridgehead atoms. The molecule has 0 unspecified atom stereocenters. The Hall–Kier alpha value is -4.31. The lowest BCUT2D eigenvalue weighted by atomic mass is 9.58. The molecule has 0 saturated heterocycles. The number of Topliss-reactive ketones (excluding diaryl/α,β-unsaturated/α-hetero) is 1. The van der Waals surface area contributed by atoms with Gasteiger partial charge in [-0.3, -0.25) is 4.98 Å². The van der Waals surface area contributed by atoms with Crippen molar-refractivity contribution in [2.75, 3.05) is 0 Å². The summed E-state index contributed by atoms with van der Waals surface area (Å²) in [4.78, 5) is 30.9. The van der Waals surface area contributed by atoms with Crippen LogP contribution in [0, 0.1) is 37.0 Å². The summed E-state index contributed by atoms with van der Waals surface area (Å²) >= 11 is 0. The maximum absolute atomic E-state index is 15.2. The van der Waals surface area contributed by atoms with Crippen molar-refractivity contribution in [3.63, 3.8) is 0 Å². The van der Waals surface area contributed by atoms with Gasteiger partial charge in [-0.25, -0.2) is 23.6 Å². The van der Waals surface area contributed by atoms with Gasteiger partial charge in [-0.05, 0) is 62.1 Å². The maximum atomic E-state index is 15.2. The second kappa shape index (κ2) is 8.63. The fourth-order valence-electron chi connectivity index (χ4n) is 6.26. The second-order valence-electron chi connectivity index (χ2n) is 10.4. The van der Waals surface area contributed by atoms with E-state index in [0.29, 0.717) is 57.8 Å². The molecular weight excluding hydrogens is 482 g/mol. The molecular formula is C31H24F2N4O. The van der Waals surface area contributed by atoms with Crippen LogP contribution in [0.1, 0.15) is 37.2 Å². The summed E-state index contributed by atoms with van der Waals surface area (Å²) in [5, 5.41) is 0.553. The standard InChI is InChI=1S/C31H24F2N4O/c1-16-13-22(21-14-18(32)9-12-25(21)35-16)30-36-27(19-7-5-6-8-24(19)33)20-10-11-23-17(2)28(38)26(34-4)15-31(23,3)29(20)37-30/h5-9,12-15,17,23H,10-11H2,1-3H3/t17-,23-,31-/m1/s1. The molecule has 2 aliphatic rings. The lowest BCUT2D eigenvalue weighted by Crippen LogP contribution is -2.46. The highest BCUT2D eigenvalue weighted by atomic mass is 19.1. The van der Waals surface area contributed by atoms with Crippen molar-refractivity contribution < 1.29 is 13.6 Å². The van der Waals surface area contributed by atoms with E-state index in [1.165, 1.54) is 18.2 Å². The van der Waals surface area contributed by atoms with E-state index in [9.17, 15) is 9.18 Å². The SMILES string of the molecule is [C-]#[N+]C1=C[C@@]2(C)c3nc(-c4cc(C)nc5ccc(F)cc45)nc(-c4ccccc4F)c3CC[C@@H]2[C@@H](C)C1=O. The predicted molar refractivity (Wildman–Crippen MR) is 141 cm³/mol. The Kier molecular flexibility index (Phi) is 5.46. The Morgan fingerprint density at radius 3 is 2.61 bits per heavy atom. The molecule has 7 heteroatoms. The Morgan fingerprint density at radius 2 is 1.84 bits per heavy atom. The Bertz CT molecular complexity index is 1740. The van der Waals surface area contributed by atoms with E-state index in [-0.39, 0.29) is 23.3 Å². The van der Waals surface area contributed by atoms with E-state index in [0.717, 1.165) is 5.56 Å². The molecule has 0 spiro atoms. The summed E-state index contributed by atoms with van der Waals surface area (Å²) in [5.74, 6) is -1.06. The normalized spacial score (nSPS) is 22.4. The number of hydrogen-bond donors (Lipinski definition) is 0. The van der Waals surface area contributed by atoms with Crippen LogP contribution in [-0.2, 0) is 16.6 Å². The monoisotopic (exact) mass is 506 g/mol. The third-order valence-electron chi connectivity index (χ3n) is 8.09. The average molecular weight is 507 g/mol. The van der Waals surface area contributed by atoms with Gasteiger partial charge in [0.05, 0.1) is 23.5 Å². The fraction of sp³-hybridized carbons (Fsp3) is 0.258. The van der Waals surface area contributed by atoms with Crippen LogP contribution >= 0.6 is 0 Å². The highest BCUT2D eigenvalue weighted by molar-refractivity contribution is 6.00. The first-order valence-electron chi connectivity index (χ1n) is 12.6. The zero-order valence-corrected chi connectivity index (χ0v) is 21.2. The molecule has 188 valence electrons. The number of fused-ring (bicyclic) bond motifs is 4. The van der Waals surface area contributed by atoms with Gasteiger partial charge >= 0.3 is 0 Å². The van der Waals surface area contributed by atoms with Crippen LogP contribution in [0.5, 0.6) is 0 Å². The fourth-order valence-corrected chi connectivity index (χ4v) is 6.26. The number of hydrogen-bond acceptors (Lipinski definition) is 4. The topological polar surface area (TPSA) is 60.1 Å². The van der Waals surface area contributed by atoms with Gasteiger partial charge in [-0.15, -0.1) is 0 Å². The summed E-state index contributed by atoms with van der Waals surface area (Å²) in [6.07, 6.45) is 3.00. The largest absolute Gasteiger partial charge is 0.308 e. The van der Waals surface area contributed by atoms with Crippen LogP contribution in [0.25, 0.3) is 38.4 Å². The van der Waals surface area contributed by atoms with Crippen LogP contribution in [-0.4, -0.2) is 20.7 Å². The van der Waals surface area contributed by atoms with Crippen molar-refractivity contribution in [3.8, 4) is 22.6 Å². The van der Waals surface area contributed by atoms with Gasteiger partial charge in [0.15, 0.2) is 11.6 Å². The summed E-state index contributed by atoms with van der Waals surface area (Å²) in [6, 6.07) is 12.7. The molecule has 38 heavy (non-hydrogen) atoms. The summed E-state index contributed by atoms with van der Waals surface area (Å²) < 4.78 is 29.6. The molecule has 2 heterocycles. The number of carbonyl (C=O) groups is 1. The van der Waals surface area contributed by atoms with Gasteiger partial charge in [0.2, 0.25) is 5.70 Å². The molecule has 0 N–H and O–H groups in total. The number of nitrogens with zero attached hydrogens (tertiary/aromatic N) is 4. The van der Waals surface area contributed by atoms with Crippen LogP contribution < -0.4 is 0 Å². The van der Waals surface area contributed by atoms with Gasteiger partial charge < -0.3 is 4.79 Å². The summed E-state index contributed by atoms with van der Waals surface area (Å²) in [6.45, 7) is 13.3. The number of aromatic nitrogens is 3. The number of rotatable bonds is 2. The molecule has 0 saturated carbocycles. The quantitative estimate of drug-likeness (QED) is 0.281. The maximum Gasteiger partial charge on any atom is 0.226 e. The first-order valence-corrected chi connectivity index (χ1v) is 12.6. The molecule has 0 amide bonds. The minimum Gasteiger partial charge on any atom is -0.308 e. The molecule has 0 fully saturated rings. The van der Waals surface area contributed by atoms with Gasteiger partial charge in [-0.1, -0.05) is 32.1 Å². The van der Waals surface area contributed by atoms with E-state index >= 15 is 4.39 Å². The third kappa shape index (κ3) is 3.55. The van der Waals surface area contributed by atoms with Crippen molar-refractivity contribution >= 4 is 16.7 Å². The lowest BCUT2D eigenvalue weighted by molar-refractivity contribution is -0.121. The first kappa shape index (κ1) is 24.1. The average Bonchev–Trinajstić information content (AvgIpc) is 2.90. The Morgan fingerprint density at radius 1 is 1.05 bits per heavy atom. The third-order valence-corrected chi connectivity index (χ3v) is 8.09. The number of benzene rings is 2. The zero-order chi connectivity index (χ0) is 26.8. The highest BCUT2D eigenvalue weighted by Gasteiger charge is 2.49. The summed E-state index contributed by atoms with van der Waals surface area (Å²) in [5.41, 5.74) is 3.58. The molecule has 2 aromatic heterocycles. The van der Waals surface area contributed by atoms with E-state index < -0.39 is 17.0 Å². The van der Waals surface area contributed by atoms with E-state index in [1.54, 1.807) is 30.3 Å². The predicted octanol–water partition coefficient (Wildman–Crippen LogP) is 6.79. The number of pyridine rings is 1. The summed E-state index contributed by atoms with van der Waals surface area (Å²) in [7, 11) is 0. The number of halogens is 2. The van der Waals surface area contributed by atoms with Gasteiger partial charge in [0.1, 0.15) is 11.6 Å². The van der Waals surface area contributed by atoms with E-state index in [1.807, 2.05) is 26.8 Å². The van der Waals surface area contributed by atoms with Crippen molar-refractivity contribution in [3.05, 3.63) is 100 Å². The van der Waals surface area contributed by atoms with Crippen molar-refractivity contribution in [1.29, 1.82) is 0 Å². The van der Waals surface area contributed by atoms with Crippen molar-refractivity contribution in [1.82, 2.24) is 15.0 Å². The van der Waals surface area contributed by atoms with Crippen LogP contribution in [0.2, 0.25) is 0 Å². The number of ketones is 1. The van der Waals surface area contributed by atoms with Gasteiger partial charge in [0.25, 0.3) is 0 Å². The first-order chi connectivity index (χ1) is 18.2. The van der Waals surface area contributed by atoms with Crippen LogP contribution in [0.15, 0.2) is 60.3 Å². The van der Waals surface area contributed by atoms with Crippen LogP contribution in [0.4, 0.5) is 8.78 Å². The van der Waals surface area contributed by atoms with Gasteiger partial charge in [0, 0.05) is 39.1 Å². The molecule has 4 aromatic rings. The molecule has 2 aromatic carbocycles. The smallest absolute Gasteiger partial charge is 0.226 e. The number of aryl methyl sites for hydroxylation is 1. The van der Waals surface area contributed by atoms with Gasteiger partial charge in [-0.2, -0.15) is 0 Å². The molecule has 5 nitrogen and oxygen atoms in total. The molecule has 6 rings (SSSR count). The van der Waals surface area contributed by atoms with Crippen molar-refractivity contribution in [2.24, 2.45) is 11.8 Å². The highest BCUT2D eigenvalue weighted by Crippen LogP contribution is 2.51. The lowest BCUT2D eigenvalue weighted by Gasteiger charge is -2.46. The minimum atomic E-state index is -0.735. The van der Waals surface area contributed by atoms with E-state index in [2.05, 4.69) is 9.83 Å². The minimum absolute atomic E-state index is 0.0717. The zero-order valence-electron chi connectivity index (χ0n) is 21.2. The molecule has 0 radical (unpaired) electrons. The number of allylic oxidation sites excluding steroid dienone is 2. The van der Waals surface area contributed by atoms with Crippen molar-refractivity contribution in [2.45, 2.75) is 39.0 Å². The van der Waals surface area contributed by atoms with Crippen LogP contribution in [0.3, 0.4) is 0 Å². The molecule has 2 aliphatic carbocycles.